The second kappa shape index (κ2) is 6.57. The molecule has 1 radical (unpaired) electrons. The Bertz CT molecular complexity index is 577. The van der Waals surface area contributed by atoms with Crippen molar-refractivity contribution >= 4 is 0 Å². The molecular weight excluding hydrogens is 272 g/mol. The zero-order valence-corrected chi connectivity index (χ0v) is 13.7. The molecule has 0 amide bonds. The van der Waals surface area contributed by atoms with Gasteiger partial charge < -0.3 is 15.0 Å². The first kappa shape index (κ1) is 15.2. The van der Waals surface area contributed by atoms with Gasteiger partial charge in [-0.05, 0) is 48.7 Å². The van der Waals surface area contributed by atoms with Crippen molar-refractivity contribution in [2.24, 2.45) is 0 Å². The molecule has 1 aromatic rings. The number of rotatable bonds is 4. The summed E-state index contributed by atoms with van der Waals surface area (Å²) in [4.78, 5) is 2.32. The smallest absolute Gasteiger partial charge is 0.120 e. The van der Waals surface area contributed by atoms with E-state index in [0.717, 1.165) is 25.3 Å². The van der Waals surface area contributed by atoms with E-state index in [0.29, 0.717) is 12.0 Å². The lowest BCUT2D eigenvalue weighted by Crippen LogP contribution is -2.22. The van der Waals surface area contributed by atoms with Gasteiger partial charge in [0.1, 0.15) is 11.9 Å². The van der Waals surface area contributed by atoms with Crippen LogP contribution in [0.25, 0.3) is 0 Å². The zero-order chi connectivity index (χ0) is 15.5. The molecule has 0 aromatic heterocycles. The summed E-state index contributed by atoms with van der Waals surface area (Å²) in [6.45, 7) is 6.61. The molecule has 3 nitrogen and oxygen atoms in total. The van der Waals surface area contributed by atoms with Gasteiger partial charge >= 0.3 is 0 Å². The third-order valence-electron chi connectivity index (χ3n) is 4.39. The lowest BCUT2D eigenvalue weighted by Gasteiger charge is -2.23. The molecule has 22 heavy (non-hydrogen) atoms. The fourth-order valence-corrected chi connectivity index (χ4v) is 3.17. The van der Waals surface area contributed by atoms with E-state index in [1.807, 2.05) is 12.2 Å². The Labute approximate surface area is 133 Å². The van der Waals surface area contributed by atoms with Crippen LogP contribution in [0, 0.1) is 6.20 Å². The molecule has 1 saturated heterocycles. The molecule has 3 heteroatoms. The van der Waals surface area contributed by atoms with Crippen molar-refractivity contribution in [2.75, 3.05) is 20.1 Å². The van der Waals surface area contributed by atoms with E-state index < -0.39 is 0 Å². The van der Waals surface area contributed by atoms with Crippen LogP contribution in [0.2, 0.25) is 0 Å². The molecule has 0 saturated carbocycles. The van der Waals surface area contributed by atoms with Crippen LogP contribution >= 0.6 is 0 Å². The van der Waals surface area contributed by atoms with Gasteiger partial charge in [0.15, 0.2) is 0 Å². The molecule has 1 N–H and O–H groups in total. The Kier molecular flexibility index (Phi) is 4.53. The third kappa shape index (κ3) is 3.36. The number of ether oxygens (including phenoxy) is 1. The first-order valence-electron chi connectivity index (χ1n) is 8.13. The Hall–Kier alpha value is -1.74. The van der Waals surface area contributed by atoms with Crippen molar-refractivity contribution < 1.29 is 4.74 Å². The SMILES string of the molecule is CC(C)c1cc(OC2CCN(C)C2)ccc1C1C=CC=[C]N1. The van der Waals surface area contributed by atoms with Crippen LogP contribution in [0.15, 0.2) is 36.4 Å². The van der Waals surface area contributed by atoms with E-state index in [9.17, 15) is 0 Å². The molecule has 3 rings (SSSR count). The van der Waals surface area contributed by atoms with E-state index in [1.165, 1.54) is 11.1 Å². The lowest BCUT2D eigenvalue weighted by molar-refractivity contribution is 0.208. The average Bonchev–Trinajstić information content (AvgIpc) is 2.93. The Morgan fingerprint density at radius 1 is 1.36 bits per heavy atom. The fraction of sp³-hybridized carbons (Fsp3) is 0.474. The average molecular weight is 297 g/mol. The number of allylic oxidation sites excluding steroid dienone is 2. The molecule has 2 heterocycles. The second-order valence-corrected chi connectivity index (χ2v) is 6.55. The topological polar surface area (TPSA) is 24.5 Å². The highest BCUT2D eigenvalue weighted by Gasteiger charge is 2.22. The van der Waals surface area contributed by atoms with Gasteiger partial charge in [0, 0.05) is 13.1 Å². The normalized spacial score (nSPS) is 24.7. The van der Waals surface area contributed by atoms with E-state index in [4.69, 9.17) is 4.74 Å². The van der Waals surface area contributed by atoms with E-state index in [-0.39, 0.29) is 6.04 Å². The first-order chi connectivity index (χ1) is 10.6. The van der Waals surface area contributed by atoms with Crippen molar-refractivity contribution in [3.63, 3.8) is 0 Å². The molecule has 1 aromatic carbocycles. The quantitative estimate of drug-likeness (QED) is 0.921. The van der Waals surface area contributed by atoms with Gasteiger partial charge in [0.05, 0.1) is 12.2 Å². The van der Waals surface area contributed by atoms with Crippen molar-refractivity contribution in [3.8, 4) is 5.75 Å². The van der Waals surface area contributed by atoms with E-state index in [2.05, 4.69) is 61.6 Å². The number of nitrogens with one attached hydrogen (secondary N) is 1. The largest absolute Gasteiger partial charge is 0.489 e. The minimum Gasteiger partial charge on any atom is -0.489 e. The first-order valence-corrected chi connectivity index (χ1v) is 8.13. The molecule has 2 aliphatic heterocycles. The highest BCUT2D eigenvalue weighted by molar-refractivity contribution is 5.41. The number of benzene rings is 1. The van der Waals surface area contributed by atoms with Gasteiger partial charge in [0.2, 0.25) is 0 Å². The fourth-order valence-electron chi connectivity index (χ4n) is 3.17. The predicted molar refractivity (Wildman–Crippen MR) is 89.9 cm³/mol. The van der Waals surface area contributed by atoms with Crippen LogP contribution in [0.4, 0.5) is 0 Å². The minimum absolute atomic E-state index is 0.203. The zero-order valence-electron chi connectivity index (χ0n) is 13.7. The summed E-state index contributed by atoms with van der Waals surface area (Å²) < 4.78 is 6.18. The number of hydrogen-bond donors (Lipinski definition) is 1. The molecular formula is C19H25N2O. The summed E-state index contributed by atoms with van der Waals surface area (Å²) in [6.07, 6.45) is 10.6. The molecule has 0 spiro atoms. The highest BCUT2D eigenvalue weighted by atomic mass is 16.5. The van der Waals surface area contributed by atoms with Crippen LogP contribution in [0.5, 0.6) is 5.75 Å². The van der Waals surface area contributed by atoms with Crippen LogP contribution in [0.3, 0.4) is 0 Å². The minimum atomic E-state index is 0.203. The van der Waals surface area contributed by atoms with Gasteiger partial charge in [-0.25, -0.2) is 0 Å². The van der Waals surface area contributed by atoms with Crippen molar-refractivity contribution in [3.05, 3.63) is 53.8 Å². The predicted octanol–water partition coefficient (Wildman–Crippen LogP) is 3.41. The maximum absolute atomic E-state index is 6.18. The van der Waals surface area contributed by atoms with E-state index >= 15 is 0 Å². The standard InChI is InChI=1S/C19H25N2O/c1-14(2)18-12-15(22-16-9-11-21(3)13-16)7-8-17(18)19-6-4-5-10-20-19/h4-8,12,14,16,19-20H,9,11,13H2,1-3H3. The number of hydrogen-bond acceptors (Lipinski definition) is 3. The monoisotopic (exact) mass is 297 g/mol. The van der Waals surface area contributed by atoms with Gasteiger partial charge in [0.25, 0.3) is 0 Å². The Morgan fingerprint density at radius 2 is 2.23 bits per heavy atom. The van der Waals surface area contributed by atoms with Crippen LogP contribution < -0.4 is 10.1 Å². The molecule has 117 valence electrons. The molecule has 0 aliphatic carbocycles. The lowest BCUT2D eigenvalue weighted by atomic mass is 9.91. The highest BCUT2D eigenvalue weighted by Crippen LogP contribution is 2.31. The molecule has 2 atom stereocenters. The summed E-state index contributed by atoms with van der Waals surface area (Å²) in [5, 5.41) is 3.29. The van der Waals surface area contributed by atoms with Crippen LogP contribution in [-0.4, -0.2) is 31.1 Å². The number of dihydropyridines is 1. The van der Waals surface area contributed by atoms with Crippen LogP contribution in [0.1, 0.15) is 43.4 Å². The van der Waals surface area contributed by atoms with Gasteiger partial charge in [-0.3, -0.25) is 0 Å². The Balaban J connectivity index is 1.80. The van der Waals surface area contributed by atoms with Crippen molar-refractivity contribution in [2.45, 2.75) is 38.3 Å². The Morgan fingerprint density at radius 3 is 2.86 bits per heavy atom. The molecule has 2 unspecified atom stereocenters. The van der Waals surface area contributed by atoms with Crippen LogP contribution in [-0.2, 0) is 0 Å². The summed E-state index contributed by atoms with van der Waals surface area (Å²) >= 11 is 0. The van der Waals surface area contributed by atoms with E-state index in [1.54, 1.807) is 0 Å². The van der Waals surface area contributed by atoms with Crippen molar-refractivity contribution in [1.29, 1.82) is 0 Å². The van der Waals surface area contributed by atoms with Crippen molar-refractivity contribution in [1.82, 2.24) is 10.2 Å². The number of likely N-dealkylation sites (N-methyl/N-ethyl adjacent to an activating group) is 1. The third-order valence-corrected chi connectivity index (χ3v) is 4.39. The molecule has 1 fully saturated rings. The molecule has 2 aliphatic rings. The second-order valence-electron chi connectivity index (χ2n) is 6.55. The maximum Gasteiger partial charge on any atom is 0.120 e. The van der Waals surface area contributed by atoms with Gasteiger partial charge in [-0.2, -0.15) is 0 Å². The summed E-state index contributed by atoms with van der Waals surface area (Å²) in [5.74, 6) is 1.46. The number of nitrogens with zero attached hydrogens (tertiary/aromatic N) is 1. The number of likely N-dealkylation sites (tertiary alicyclic amines) is 1. The summed E-state index contributed by atoms with van der Waals surface area (Å²) in [7, 11) is 2.15. The summed E-state index contributed by atoms with van der Waals surface area (Å²) in [6, 6.07) is 6.71. The maximum atomic E-state index is 6.18. The van der Waals surface area contributed by atoms with Gasteiger partial charge in [-0.1, -0.05) is 32.1 Å². The summed E-state index contributed by atoms with van der Waals surface area (Å²) in [5.41, 5.74) is 2.65. The van der Waals surface area contributed by atoms with Gasteiger partial charge in [-0.15, -0.1) is 0 Å². The molecule has 0 bridgehead atoms.